The molecule has 0 saturated carbocycles. The number of hydrogen-bond acceptors (Lipinski definition) is 6. The van der Waals surface area contributed by atoms with Gasteiger partial charge in [0.15, 0.2) is 5.69 Å². The summed E-state index contributed by atoms with van der Waals surface area (Å²) in [7, 11) is 0. The summed E-state index contributed by atoms with van der Waals surface area (Å²) in [4.78, 5) is 7.57. The van der Waals surface area contributed by atoms with Crippen LogP contribution in [0.1, 0.15) is 18.2 Å². The number of rotatable bonds is 5. The van der Waals surface area contributed by atoms with Gasteiger partial charge in [0.25, 0.3) is 0 Å². The smallest absolute Gasteiger partial charge is 0.433 e. The first-order valence-electron chi connectivity index (χ1n) is 8.91. The van der Waals surface area contributed by atoms with Gasteiger partial charge in [-0.3, -0.25) is 0 Å². The van der Waals surface area contributed by atoms with Crippen molar-refractivity contribution in [1.82, 2.24) is 19.7 Å². The van der Waals surface area contributed by atoms with Crippen LogP contribution in [0.3, 0.4) is 0 Å². The number of ether oxygens (including phenoxy) is 3. The Kier molecular flexibility index (Phi) is 5.51. The Hall–Kier alpha value is -2.50. The lowest BCUT2D eigenvalue weighted by molar-refractivity contribution is -0.196. The minimum absolute atomic E-state index is 0.116. The van der Waals surface area contributed by atoms with Crippen LogP contribution in [0.25, 0.3) is 0 Å². The molecule has 0 N–H and O–H groups in total. The van der Waals surface area contributed by atoms with Crippen LogP contribution in [-0.2, 0) is 28.0 Å². The lowest BCUT2D eigenvalue weighted by Gasteiger charge is -2.30. The fraction of sp³-hybridized carbons (Fsp3) is 0.316. The number of halogens is 4. The van der Waals surface area contributed by atoms with Crippen LogP contribution in [0.4, 0.5) is 13.2 Å². The number of aromatic nitrogens is 4. The predicted molar refractivity (Wildman–Crippen MR) is 102 cm³/mol. The zero-order valence-electron chi connectivity index (χ0n) is 15.6. The molecule has 2 aromatic heterocycles. The van der Waals surface area contributed by atoms with Crippen LogP contribution in [0.2, 0.25) is 0 Å². The van der Waals surface area contributed by atoms with Crippen LogP contribution >= 0.6 is 15.9 Å². The van der Waals surface area contributed by atoms with Crippen molar-refractivity contribution in [2.75, 3.05) is 6.61 Å². The summed E-state index contributed by atoms with van der Waals surface area (Å²) in [6.07, 6.45) is -2.51. The Morgan fingerprint density at radius 2 is 2.00 bits per heavy atom. The maximum absolute atomic E-state index is 13.9. The largest absolute Gasteiger partial charge is 0.439 e. The summed E-state index contributed by atoms with van der Waals surface area (Å²) in [6, 6.07) is 9.27. The van der Waals surface area contributed by atoms with Gasteiger partial charge in [0.1, 0.15) is 24.9 Å². The SMILES string of the molecule is CC1COC(Cn2cncn2)(c2ccc(Oc3ccc(Br)cc3)nc2C(F)(F)F)O1. The Morgan fingerprint density at radius 3 is 2.60 bits per heavy atom. The van der Waals surface area contributed by atoms with Gasteiger partial charge in [-0.1, -0.05) is 15.9 Å². The van der Waals surface area contributed by atoms with E-state index in [2.05, 4.69) is 31.0 Å². The van der Waals surface area contributed by atoms with Crippen molar-refractivity contribution in [3.63, 3.8) is 0 Å². The highest BCUT2D eigenvalue weighted by Crippen LogP contribution is 2.43. The first-order chi connectivity index (χ1) is 14.2. The summed E-state index contributed by atoms with van der Waals surface area (Å²) >= 11 is 3.29. The molecule has 0 bridgehead atoms. The number of benzene rings is 1. The molecule has 0 amide bonds. The number of pyridine rings is 1. The quantitative estimate of drug-likeness (QED) is 0.529. The van der Waals surface area contributed by atoms with Gasteiger partial charge in [0, 0.05) is 16.1 Å². The highest BCUT2D eigenvalue weighted by molar-refractivity contribution is 9.10. The predicted octanol–water partition coefficient (Wildman–Crippen LogP) is 4.54. The Labute approximate surface area is 177 Å². The van der Waals surface area contributed by atoms with Crippen molar-refractivity contribution < 1.29 is 27.4 Å². The number of alkyl halides is 3. The number of nitrogens with zero attached hydrogens (tertiary/aromatic N) is 4. The molecule has 1 aliphatic heterocycles. The highest BCUT2D eigenvalue weighted by Gasteiger charge is 2.49. The average molecular weight is 485 g/mol. The van der Waals surface area contributed by atoms with E-state index < -0.39 is 23.8 Å². The lowest BCUT2D eigenvalue weighted by atomic mass is 10.0. The van der Waals surface area contributed by atoms with E-state index in [1.54, 1.807) is 31.2 Å². The van der Waals surface area contributed by atoms with Crippen LogP contribution in [0.5, 0.6) is 11.6 Å². The molecule has 0 radical (unpaired) electrons. The van der Waals surface area contributed by atoms with Gasteiger partial charge in [0.2, 0.25) is 11.7 Å². The molecule has 1 saturated heterocycles. The molecule has 158 valence electrons. The lowest BCUT2D eigenvalue weighted by Crippen LogP contribution is -2.36. The van der Waals surface area contributed by atoms with E-state index in [1.165, 1.54) is 29.5 Å². The van der Waals surface area contributed by atoms with E-state index in [9.17, 15) is 13.2 Å². The van der Waals surface area contributed by atoms with E-state index in [-0.39, 0.29) is 24.6 Å². The summed E-state index contributed by atoms with van der Waals surface area (Å²) in [5.41, 5.74) is -1.40. The Morgan fingerprint density at radius 1 is 1.23 bits per heavy atom. The van der Waals surface area contributed by atoms with Crippen LogP contribution < -0.4 is 4.74 Å². The van der Waals surface area contributed by atoms with Crippen molar-refractivity contribution >= 4 is 15.9 Å². The van der Waals surface area contributed by atoms with Gasteiger partial charge < -0.3 is 14.2 Å². The van der Waals surface area contributed by atoms with E-state index in [4.69, 9.17) is 14.2 Å². The third-order valence-electron chi connectivity index (χ3n) is 4.36. The van der Waals surface area contributed by atoms with Crippen LogP contribution in [0.15, 0.2) is 53.5 Å². The van der Waals surface area contributed by atoms with Crippen LogP contribution in [-0.4, -0.2) is 32.5 Å². The summed E-state index contributed by atoms with van der Waals surface area (Å²) < 4.78 is 61.1. The third-order valence-corrected chi connectivity index (χ3v) is 4.89. The van der Waals surface area contributed by atoms with E-state index >= 15 is 0 Å². The molecule has 3 aromatic rings. The molecule has 30 heavy (non-hydrogen) atoms. The van der Waals surface area contributed by atoms with Crippen molar-refractivity contribution in [1.29, 1.82) is 0 Å². The second-order valence-corrected chi connectivity index (χ2v) is 7.60. The van der Waals surface area contributed by atoms with E-state index in [0.717, 1.165) is 4.47 Å². The zero-order chi connectivity index (χ0) is 21.4. The van der Waals surface area contributed by atoms with Gasteiger partial charge in [-0.15, -0.1) is 0 Å². The summed E-state index contributed by atoms with van der Waals surface area (Å²) in [6.45, 7) is 1.73. The monoisotopic (exact) mass is 484 g/mol. The molecule has 3 heterocycles. The summed E-state index contributed by atoms with van der Waals surface area (Å²) in [5, 5.41) is 3.96. The molecule has 2 unspecified atom stereocenters. The van der Waals surface area contributed by atoms with Crippen molar-refractivity contribution in [3.8, 4) is 11.6 Å². The molecule has 2 atom stereocenters. The molecule has 1 aliphatic rings. The van der Waals surface area contributed by atoms with Crippen LogP contribution in [0, 0.1) is 0 Å². The van der Waals surface area contributed by atoms with Crippen molar-refractivity contribution in [2.45, 2.75) is 31.5 Å². The van der Waals surface area contributed by atoms with Crippen molar-refractivity contribution in [3.05, 3.63) is 64.8 Å². The summed E-state index contributed by atoms with van der Waals surface area (Å²) in [5.74, 6) is -1.55. The Balaban J connectivity index is 1.74. The second-order valence-electron chi connectivity index (χ2n) is 6.68. The number of hydrogen-bond donors (Lipinski definition) is 0. The normalized spacial score (nSPS) is 21.7. The molecule has 11 heteroatoms. The van der Waals surface area contributed by atoms with Gasteiger partial charge in [-0.2, -0.15) is 18.3 Å². The van der Waals surface area contributed by atoms with E-state index in [1.807, 2.05) is 0 Å². The first kappa shape index (κ1) is 20.8. The maximum atomic E-state index is 13.9. The van der Waals surface area contributed by atoms with Gasteiger partial charge in [-0.25, -0.2) is 14.6 Å². The van der Waals surface area contributed by atoms with Gasteiger partial charge in [0.05, 0.1) is 12.7 Å². The molecule has 7 nitrogen and oxygen atoms in total. The third kappa shape index (κ3) is 4.32. The van der Waals surface area contributed by atoms with E-state index in [0.29, 0.717) is 5.75 Å². The minimum Gasteiger partial charge on any atom is -0.439 e. The molecule has 1 fully saturated rings. The van der Waals surface area contributed by atoms with Crippen molar-refractivity contribution in [2.24, 2.45) is 0 Å². The molecule has 0 aliphatic carbocycles. The maximum Gasteiger partial charge on any atom is 0.433 e. The van der Waals surface area contributed by atoms with Gasteiger partial charge >= 0.3 is 6.18 Å². The second kappa shape index (κ2) is 7.97. The standard InChI is InChI=1S/C19H16BrF3N4O3/c1-12-8-28-18(30-12,9-27-11-24-10-25-27)15-6-7-16(26-17(15)19(21,22)23)29-14-4-2-13(20)3-5-14/h2-7,10-12H,8-9H2,1H3. The molecular weight excluding hydrogens is 469 g/mol. The Bertz CT molecular complexity index is 1010. The fourth-order valence-electron chi connectivity index (χ4n) is 3.13. The molecular formula is C19H16BrF3N4O3. The molecule has 4 rings (SSSR count). The molecule has 0 spiro atoms. The topological polar surface area (TPSA) is 71.3 Å². The average Bonchev–Trinajstić information content (AvgIpc) is 3.33. The zero-order valence-corrected chi connectivity index (χ0v) is 17.2. The first-order valence-corrected chi connectivity index (χ1v) is 9.71. The highest BCUT2D eigenvalue weighted by atomic mass is 79.9. The van der Waals surface area contributed by atoms with Gasteiger partial charge in [-0.05, 0) is 37.3 Å². The fourth-order valence-corrected chi connectivity index (χ4v) is 3.39. The minimum atomic E-state index is -4.76. The molecule has 1 aromatic carbocycles.